The van der Waals surface area contributed by atoms with Crippen LogP contribution >= 0.6 is 23.6 Å². The highest BCUT2D eigenvalue weighted by atomic mass is 32.2. The van der Waals surface area contributed by atoms with Gasteiger partial charge in [0, 0.05) is 47.3 Å². The quantitative estimate of drug-likeness (QED) is 0.316. The van der Waals surface area contributed by atoms with Crippen LogP contribution in [0, 0.1) is 17.8 Å². The number of aromatic nitrogens is 2. The topological polar surface area (TPSA) is 78.3 Å². The van der Waals surface area contributed by atoms with Crippen molar-refractivity contribution in [1.29, 1.82) is 0 Å². The summed E-state index contributed by atoms with van der Waals surface area (Å²) < 4.78 is 71.6. The van der Waals surface area contributed by atoms with Gasteiger partial charge in [0.2, 0.25) is 5.88 Å². The number of hydrogen-bond donors (Lipinski definition) is 0. The molecule has 0 aliphatic heterocycles. The molecule has 2 fully saturated rings. The summed E-state index contributed by atoms with van der Waals surface area (Å²) in [5, 5.41) is 3.94. The van der Waals surface area contributed by atoms with Gasteiger partial charge in [0.15, 0.2) is 9.84 Å². The number of carbonyl (C=O) groups excluding carboxylic acids is 1. The van der Waals surface area contributed by atoms with Gasteiger partial charge in [-0.2, -0.15) is 8.78 Å². The van der Waals surface area contributed by atoms with E-state index in [0.717, 1.165) is 41.0 Å². The number of halogens is 3. The highest BCUT2D eigenvalue weighted by Crippen LogP contribution is 2.43. The van der Waals surface area contributed by atoms with Crippen LogP contribution in [0.15, 0.2) is 11.0 Å². The van der Waals surface area contributed by atoms with E-state index in [1.807, 2.05) is 0 Å². The lowest BCUT2D eigenvalue weighted by molar-refractivity contribution is -0.119. The van der Waals surface area contributed by atoms with Crippen molar-refractivity contribution in [2.24, 2.45) is 24.8 Å². The Kier molecular flexibility index (Phi) is 8.04. The van der Waals surface area contributed by atoms with Crippen LogP contribution in [-0.4, -0.2) is 47.4 Å². The van der Waals surface area contributed by atoms with Crippen LogP contribution in [0.1, 0.15) is 59.5 Å². The second kappa shape index (κ2) is 11.0. The first-order valence-corrected chi connectivity index (χ1v) is 15.9. The van der Waals surface area contributed by atoms with E-state index in [-0.39, 0.29) is 54.4 Å². The normalized spacial score (nSPS) is 23.2. The third-order valence-electron chi connectivity index (χ3n) is 7.75. The van der Waals surface area contributed by atoms with Gasteiger partial charge in [-0.1, -0.05) is 12.2 Å². The number of nitrogens with zero attached hydrogens (tertiary/aromatic N) is 2. The predicted octanol–water partition coefficient (Wildman–Crippen LogP) is 5.23. The Hall–Kier alpha value is -1.79. The Morgan fingerprint density at radius 2 is 1.97 bits per heavy atom. The average molecular weight is 589 g/mol. The van der Waals surface area contributed by atoms with Crippen molar-refractivity contribution >= 4 is 44.0 Å². The Bertz CT molecular complexity index is 1330. The van der Waals surface area contributed by atoms with Gasteiger partial charge in [-0.15, -0.1) is 16.4 Å². The van der Waals surface area contributed by atoms with E-state index in [4.69, 9.17) is 12.2 Å². The van der Waals surface area contributed by atoms with Gasteiger partial charge >= 0.3 is 6.61 Å². The molecule has 1 atom stereocenters. The molecule has 208 valence electrons. The van der Waals surface area contributed by atoms with Crippen LogP contribution in [0.2, 0.25) is 0 Å². The summed E-state index contributed by atoms with van der Waals surface area (Å²) in [5.74, 6) is -0.122. The number of thiocarbonyl (C=S) groups is 1. The van der Waals surface area contributed by atoms with E-state index < -0.39 is 22.6 Å². The van der Waals surface area contributed by atoms with Gasteiger partial charge in [0.25, 0.3) is 0 Å². The van der Waals surface area contributed by atoms with Gasteiger partial charge < -0.3 is 4.74 Å². The molecule has 3 aliphatic carbocycles. The third kappa shape index (κ3) is 6.33. The SMILES string of the molecule is Cn1nc(OC(F)F)cc1CC(=S)C[C@H]1CCc2sc(CC(=O)C3CC3)c(S(=O)(=O)CC3CC(F)C3)c2C1. The molecule has 2 heterocycles. The van der Waals surface area contributed by atoms with Crippen molar-refractivity contribution in [3.05, 3.63) is 27.1 Å². The van der Waals surface area contributed by atoms with E-state index in [0.29, 0.717) is 34.7 Å². The minimum absolute atomic E-state index is 0.0485. The fraction of sp³-hybridized carbons (Fsp3) is 0.654. The van der Waals surface area contributed by atoms with Crippen molar-refractivity contribution in [3.8, 4) is 5.88 Å². The Balaban J connectivity index is 1.32. The Morgan fingerprint density at radius 1 is 1.24 bits per heavy atom. The lowest BCUT2D eigenvalue weighted by Crippen LogP contribution is -2.31. The zero-order valence-electron chi connectivity index (χ0n) is 21.1. The first kappa shape index (κ1) is 27.8. The van der Waals surface area contributed by atoms with Crippen molar-refractivity contribution in [2.45, 2.75) is 81.9 Å². The first-order valence-electron chi connectivity index (χ1n) is 13.0. The molecule has 0 unspecified atom stereocenters. The molecule has 0 N–H and O–H groups in total. The van der Waals surface area contributed by atoms with Crippen molar-refractivity contribution < 1.29 is 31.1 Å². The molecule has 2 saturated carbocycles. The van der Waals surface area contributed by atoms with E-state index in [2.05, 4.69) is 9.84 Å². The minimum Gasteiger partial charge on any atom is -0.415 e. The molecule has 2 aromatic heterocycles. The summed E-state index contributed by atoms with van der Waals surface area (Å²) in [6, 6.07) is 1.45. The minimum atomic E-state index is -3.66. The molecule has 3 aliphatic rings. The number of ketones is 1. The molecule has 5 rings (SSSR count). The van der Waals surface area contributed by atoms with Gasteiger partial charge in [-0.25, -0.2) is 12.8 Å². The molecule has 0 bridgehead atoms. The third-order valence-corrected chi connectivity index (χ3v) is 11.5. The monoisotopic (exact) mass is 588 g/mol. The van der Waals surface area contributed by atoms with E-state index in [1.54, 1.807) is 7.05 Å². The predicted molar refractivity (Wildman–Crippen MR) is 142 cm³/mol. The first-order chi connectivity index (χ1) is 18.0. The number of rotatable bonds is 12. The standard InChI is InChI=1S/C26H31F3N2O4S3/c1-31-18(11-24(30-31)35-26(28)29)10-19(36)8-14-2-5-22-20(9-14)25(23(37-22)12-21(32)16-3-4-16)38(33,34)13-15-6-17(27)7-15/h11,14-17,26H,2-10,12-13H2,1H3/t14-,15?,17?/m1/s1. The summed E-state index contributed by atoms with van der Waals surface area (Å²) in [6.45, 7) is -2.95. The number of ether oxygens (including phenoxy) is 1. The number of aryl methyl sites for hydroxylation is 2. The highest BCUT2D eigenvalue weighted by Gasteiger charge is 2.39. The number of sulfone groups is 1. The zero-order valence-corrected chi connectivity index (χ0v) is 23.6. The van der Waals surface area contributed by atoms with Crippen molar-refractivity contribution in [2.75, 3.05) is 5.75 Å². The van der Waals surface area contributed by atoms with E-state index in [1.165, 1.54) is 22.1 Å². The molecule has 0 radical (unpaired) electrons. The molecular formula is C26H31F3N2O4S3. The molecule has 2 aromatic rings. The Morgan fingerprint density at radius 3 is 2.63 bits per heavy atom. The second-order valence-corrected chi connectivity index (χ2v) is 14.6. The van der Waals surface area contributed by atoms with Gasteiger partial charge in [-0.05, 0) is 73.6 Å². The fourth-order valence-corrected chi connectivity index (χ4v) is 9.89. The zero-order chi connectivity index (χ0) is 27.2. The molecule has 0 amide bonds. The van der Waals surface area contributed by atoms with E-state index >= 15 is 0 Å². The molecule has 0 spiro atoms. The number of fused-ring (bicyclic) bond motifs is 1. The van der Waals surface area contributed by atoms with Crippen LogP contribution in [0.4, 0.5) is 13.2 Å². The van der Waals surface area contributed by atoms with Crippen LogP contribution in [0.3, 0.4) is 0 Å². The average Bonchev–Trinajstić information content (AvgIpc) is 3.51. The van der Waals surface area contributed by atoms with Crippen LogP contribution in [0.5, 0.6) is 5.88 Å². The molecule has 38 heavy (non-hydrogen) atoms. The van der Waals surface area contributed by atoms with Crippen LogP contribution < -0.4 is 4.74 Å². The second-order valence-electron chi connectivity index (χ2n) is 10.9. The van der Waals surface area contributed by atoms with Crippen molar-refractivity contribution in [3.63, 3.8) is 0 Å². The molecular weight excluding hydrogens is 557 g/mol. The largest absolute Gasteiger partial charge is 0.415 e. The summed E-state index contributed by atoms with van der Waals surface area (Å²) in [5.41, 5.74) is 1.48. The Labute approximate surface area is 229 Å². The molecule has 12 heteroatoms. The molecule has 0 aromatic carbocycles. The number of thiophene rings is 1. The molecule has 0 saturated heterocycles. The summed E-state index contributed by atoms with van der Waals surface area (Å²) in [7, 11) is -2.02. The maximum Gasteiger partial charge on any atom is 0.388 e. The lowest BCUT2D eigenvalue weighted by atomic mass is 9.84. The summed E-state index contributed by atoms with van der Waals surface area (Å²) in [4.78, 5) is 15.4. The van der Waals surface area contributed by atoms with Crippen LogP contribution in [0.25, 0.3) is 0 Å². The van der Waals surface area contributed by atoms with Crippen LogP contribution in [-0.2, 0) is 47.4 Å². The number of carbonyl (C=O) groups is 1. The fourth-order valence-electron chi connectivity index (χ4n) is 5.62. The number of hydrogen-bond acceptors (Lipinski definition) is 7. The van der Waals surface area contributed by atoms with Gasteiger partial charge in [-0.3, -0.25) is 9.48 Å². The maximum absolute atomic E-state index is 13.6. The number of Topliss-reactive ketones (excluding diaryl/α,β-unsaturated/α-hetero) is 1. The maximum atomic E-state index is 13.6. The van der Waals surface area contributed by atoms with Crippen molar-refractivity contribution in [1.82, 2.24) is 9.78 Å². The lowest BCUT2D eigenvalue weighted by Gasteiger charge is -2.29. The number of alkyl halides is 3. The summed E-state index contributed by atoms with van der Waals surface area (Å²) in [6.07, 6.45) is 4.61. The summed E-state index contributed by atoms with van der Waals surface area (Å²) >= 11 is 7.10. The smallest absolute Gasteiger partial charge is 0.388 e. The molecule has 6 nitrogen and oxygen atoms in total. The highest BCUT2D eigenvalue weighted by molar-refractivity contribution is 7.91. The van der Waals surface area contributed by atoms with Gasteiger partial charge in [0.1, 0.15) is 12.0 Å². The van der Waals surface area contributed by atoms with E-state index in [9.17, 15) is 26.4 Å². The van der Waals surface area contributed by atoms with Gasteiger partial charge in [0.05, 0.1) is 10.6 Å².